The second-order valence-electron chi connectivity index (χ2n) is 3.77. The molecule has 0 atom stereocenters. The van der Waals surface area contributed by atoms with Gasteiger partial charge in [0.1, 0.15) is 11.5 Å². The Bertz CT molecular complexity index is 541. The molecule has 0 aliphatic heterocycles. The number of ether oxygens (including phenoxy) is 1. The summed E-state index contributed by atoms with van der Waals surface area (Å²) < 4.78 is 10.5. The fourth-order valence-corrected chi connectivity index (χ4v) is 1.67. The van der Waals surface area contributed by atoms with Crippen LogP contribution in [0.15, 0.2) is 53.2 Å². The Kier molecular flexibility index (Phi) is 4.98. The highest BCUT2D eigenvalue weighted by Crippen LogP contribution is 2.13. The van der Waals surface area contributed by atoms with E-state index in [1.807, 2.05) is 0 Å². The topological polar surface area (TPSA) is 39.4 Å². The number of ketones is 1. The van der Waals surface area contributed by atoms with Gasteiger partial charge in [-0.2, -0.15) is 0 Å². The quantitative estimate of drug-likeness (QED) is 0.459. The van der Waals surface area contributed by atoms with Crippen molar-refractivity contribution in [3.63, 3.8) is 0 Å². The largest absolute Gasteiger partial charge is 0.493 e. The molecule has 0 saturated carbocycles. The Morgan fingerprint density at radius 3 is 2.68 bits per heavy atom. The molecule has 1 aromatic carbocycles. The SMILES string of the molecule is O=C(C=Cc1ccco1)c1ccc(OCCBr)cc1. The average molecular weight is 321 g/mol. The van der Waals surface area contributed by atoms with Crippen molar-refractivity contribution in [1.82, 2.24) is 0 Å². The van der Waals surface area contributed by atoms with Crippen molar-refractivity contribution in [2.75, 3.05) is 11.9 Å². The van der Waals surface area contributed by atoms with Crippen LogP contribution < -0.4 is 4.74 Å². The number of carbonyl (C=O) groups excluding carboxylic acids is 1. The summed E-state index contributed by atoms with van der Waals surface area (Å²) in [4.78, 5) is 11.9. The van der Waals surface area contributed by atoms with Gasteiger partial charge in [0.25, 0.3) is 0 Å². The summed E-state index contributed by atoms with van der Waals surface area (Å²) in [5.41, 5.74) is 0.619. The predicted molar refractivity (Wildman–Crippen MR) is 77.8 cm³/mol. The number of alkyl halides is 1. The van der Waals surface area contributed by atoms with E-state index in [1.54, 1.807) is 48.7 Å². The number of halogens is 1. The van der Waals surface area contributed by atoms with Gasteiger partial charge in [0.2, 0.25) is 0 Å². The number of hydrogen-bond acceptors (Lipinski definition) is 3. The molecule has 19 heavy (non-hydrogen) atoms. The van der Waals surface area contributed by atoms with Crippen molar-refractivity contribution >= 4 is 27.8 Å². The van der Waals surface area contributed by atoms with Crippen LogP contribution in [0.1, 0.15) is 16.1 Å². The number of hydrogen-bond donors (Lipinski definition) is 0. The second kappa shape index (κ2) is 6.95. The zero-order valence-electron chi connectivity index (χ0n) is 10.2. The Balaban J connectivity index is 1.99. The summed E-state index contributed by atoms with van der Waals surface area (Å²) in [6.45, 7) is 0.603. The zero-order valence-corrected chi connectivity index (χ0v) is 11.8. The fraction of sp³-hybridized carbons (Fsp3) is 0.133. The van der Waals surface area contributed by atoms with Crippen LogP contribution in [0.5, 0.6) is 5.75 Å². The Morgan fingerprint density at radius 2 is 2.05 bits per heavy atom. The Morgan fingerprint density at radius 1 is 1.26 bits per heavy atom. The summed E-state index contributed by atoms with van der Waals surface area (Å²) in [5.74, 6) is 1.35. The molecule has 3 nitrogen and oxygen atoms in total. The first-order valence-corrected chi connectivity index (χ1v) is 6.96. The first-order chi connectivity index (χ1) is 9.29. The molecule has 2 aromatic rings. The number of rotatable bonds is 6. The van der Waals surface area contributed by atoms with Crippen molar-refractivity contribution in [3.8, 4) is 5.75 Å². The minimum Gasteiger partial charge on any atom is -0.493 e. The number of allylic oxidation sites excluding steroid dienone is 1. The van der Waals surface area contributed by atoms with Crippen LogP contribution in [-0.2, 0) is 0 Å². The lowest BCUT2D eigenvalue weighted by molar-refractivity contribution is 0.104. The molecule has 0 radical (unpaired) electrons. The molecule has 0 aliphatic rings. The Hall–Kier alpha value is -1.81. The molecule has 4 heteroatoms. The van der Waals surface area contributed by atoms with Crippen molar-refractivity contribution < 1.29 is 13.9 Å². The van der Waals surface area contributed by atoms with Crippen molar-refractivity contribution in [2.45, 2.75) is 0 Å². The molecule has 1 aromatic heterocycles. The monoisotopic (exact) mass is 320 g/mol. The smallest absolute Gasteiger partial charge is 0.185 e. The van der Waals surface area contributed by atoms with Crippen molar-refractivity contribution in [2.24, 2.45) is 0 Å². The molecule has 0 bridgehead atoms. The second-order valence-corrected chi connectivity index (χ2v) is 4.57. The molecule has 2 rings (SSSR count). The van der Waals surface area contributed by atoms with Crippen LogP contribution in [0.2, 0.25) is 0 Å². The molecule has 98 valence electrons. The van der Waals surface area contributed by atoms with E-state index in [1.165, 1.54) is 6.08 Å². The van der Waals surface area contributed by atoms with E-state index in [-0.39, 0.29) is 5.78 Å². The molecule has 0 amide bonds. The summed E-state index contributed by atoms with van der Waals surface area (Å²) in [6.07, 6.45) is 4.71. The first kappa shape index (κ1) is 13.6. The third-order valence-corrected chi connectivity index (χ3v) is 2.75. The maximum absolute atomic E-state index is 11.9. The van der Waals surface area contributed by atoms with E-state index in [9.17, 15) is 4.79 Å². The van der Waals surface area contributed by atoms with Gasteiger partial charge < -0.3 is 9.15 Å². The molecule has 0 saturated heterocycles. The number of carbonyl (C=O) groups is 1. The van der Waals surface area contributed by atoms with Crippen LogP contribution >= 0.6 is 15.9 Å². The van der Waals surface area contributed by atoms with Crippen LogP contribution in [-0.4, -0.2) is 17.7 Å². The third kappa shape index (κ3) is 4.10. The molecular formula is C15H13BrO3. The van der Waals surface area contributed by atoms with Crippen LogP contribution in [0.25, 0.3) is 6.08 Å². The lowest BCUT2D eigenvalue weighted by atomic mass is 10.1. The van der Waals surface area contributed by atoms with Gasteiger partial charge in [0.05, 0.1) is 12.9 Å². The number of benzene rings is 1. The standard InChI is InChI=1S/C15H13BrO3/c16-9-11-19-14-5-3-12(4-6-14)15(17)8-7-13-2-1-10-18-13/h1-8,10H,9,11H2. The van der Waals surface area contributed by atoms with Gasteiger partial charge >= 0.3 is 0 Å². The molecule has 0 unspecified atom stereocenters. The summed E-state index contributed by atoms with van der Waals surface area (Å²) >= 11 is 3.29. The minimum absolute atomic E-state index is 0.0663. The zero-order chi connectivity index (χ0) is 13.5. The van der Waals surface area contributed by atoms with Gasteiger partial charge in [-0.3, -0.25) is 4.79 Å². The van der Waals surface area contributed by atoms with Crippen LogP contribution in [0.4, 0.5) is 0 Å². The van der Waals surface area contributed by atoms with Crippen LogP contribution in [0, 0.1) is 0 Å². The highest BCUT2D eigenvalue weighted by Gasteiger charge is 2.02. The van der Waals surface area contributed by atoms with E-state index >= 15 is 0 Å². The van der Waals surface area contributed by atoms with Crippen molar-refractivity contribution in [3.05, 3.63) is 60.1 Å². The van der Waals surface area contributed by atoms with E-state index in [2.05, 4.69) is 15.9 Å². The summed E-state index contributed by atoms with van der Waals surface area (Å²) in [5, 5.41) is 0.777. The van der Waals surface area contributed by atoms with Crippen LogP contribution in [0.3, 0.4) is 0 Å². The van der Waals surface area contributed by atoms with Gasteiger partial charge in [-0.05, 0) is 48.6 Å². The normalized spacial score (nSPS) is 10.8. The molecule has 0 aliphatic carbocycles. The highest BCUT2D eigenvalue weighted by molar-refractivity contribution is 9.09. The van der Waals surface area contributed by atoms with E-state index in [4.69, 9.17) is 9.15 Å². The minimum atomic E-state index is -0.0663. The predicted octanol–water partition coefficient (Wildman–Crippen LogP) is 3.95. The lowest BCUT2D eigenvalue weighted by Crippen LogP contribution is -1.99. The van der Waals surface area contributed by atoms with Gasteiger partial charge in [0.15, 0.2) is 5.78 Å². The van der Waals surface area contributed by atoms with Gasteiger partial charge in [-0.25, -0.2) is 0 Å². The average Bonchev–Trinajstić information content (AvgIpc) is 2.96. The van der Waals surface area contributed by atoms with E-state index in [0.29, 0.717) is 17.9 Å². The fourth-order valence-electron chi connectivity index (χ4n) is 1.51. The lowest BCUT2D eigenvalue weighted by Gasteiger charge is -2.03. The van der Waals surface area contributed by atoms with Gasteiger partial charge in [0, 0.05) is 10.9 Å². The highest BCUT2D eigenvalue weighted by atomic mass is 79.9. The van der Waals surface area contributed by atoms with E-state index < -0.39 is 0 Å². The van der Waals surface area contributed by atoms with Crippen molar-refractivity contribution in [1.29, 1.82) is 0 Å². The first-order valence-electron chi connectivity index (χ1n) is 5.84. The molecule has 0 spiro atoms. The number of furan rings is 1. The Labute approximate surface area is 120 Å². The maximum atomic E-state index is 11.9. The van der Waals surface area contributed by atoms with E-state index in [0.717, 1.165) is 11.1 Å². The van der Waals surface area contributed by atoms with Gasteiger partial charge in [-0.1, -0.05) is 15.9 Å². The summed E-state index contributed by atoms with van der Waals surface area (Å²) in [6, 6.07) is 10.6. The summed E-state index contributed by atoms with van der Waals surface area (Å²) in [7, 11) is 0. The van der Waals surface area contributed by atoms with Gasteiger partial charge in [-0.15, -0.1) is 0 Å². The molecule has 0 fully saturated rings. The third-order valence-electron chi connectivity index (χ3n) is 2.43. The molecule has 1 heterocycles. The molecular weight excluding hydrogens is 308 g/mol. The maximum Gasteiger partial charge on any atom is 0.185 e. The molecule has 0 N–H and O–H groups in total.